The number of aliphatic hydroxyl groups is 1. The van der Waals surface area contributed by atoms with E-state index in [4.69, 9.17) is 0 Å². The predicted octanol–water partition coefficient (Wildman–Crippen LogP) is 3.56. The molecule has 1 nitrogen and oxygen atoms in total. The molecule has 14 heavy (non-hydrogen) atoms. The Hall–Kier alpha value is 0.490. The van der Waals surface area contributed by atoms with Crippen molar-refractivity contribution >= 4 is 39.0 Å². The van der Waals surface area contributed by atoms with Gasteiger partial charge in [0, 0.05) is 26.9 Å². The Morgan fingerprint density at radius 3 is 3.00 bits per heavy atom. The normalized spacial score (nSPS) is 13.1. The van der Waals surface area contributed by atoms with E-state index >= 15 is 0 Å². The second-order valence-corrected chi connectivity index (χ2v) is 6.23. The van der Waals surface area contributed by atoms with Crippen molar-refractivity contribution in [2.45, 2.75) is 25.9 Å². The number of rotatable bonds is 6. The third-order valence-electron chi connectivity index (χ3n) is 1.72. The van der Waals surface area contributed by atoms with Crippen LogP contribution in [0.15, 0.2) is 15.9 Å². The van der Waals surface area contributed by atoms with Crippen LogP contribution < -0.4 is 0 Å². The first-order valence-corrected chi connectivity index (χ1v) is 7.53. The van der Waals surface area contributed by atoms with E-state index in [1.165, 1.54) is 11.3 Å². The van der Waals surface area contributed by atoms with Crippen molar-refractivity contribution in [2.75, 3.05) is 11.5 Å². The Morgan fingerprint density at radius 1 is 1.64 bits per heavy atom. The second kappa shape index (κ2) is 6.88. The van der Waals surface area contributed by atoms with Gasteiger partial charge in [0.15, 0.2) is 0 Å². The summed E-state index contributed by atoms with van der Waals surface area (Å²) in [5.74, 6) is 1.99. The number of hydrogen-bond acceptors (Lipinski definition) is 3. The van der Waals surface area contributed by atoms with E-state index in [1.54, 1.807) is 11.3 Å². The summed E-state index contributed by atoms with van der Waals surface area (Å²) in [6.45, 7) is 2.16. The average molecular weight is 295 g/mol. The van der Waals surface area contributed by atoms with Gasteiger partial charge >= 0.3 is 0 Å². The molecule has 1 aromatic rings. The molecule has 0 radical (unpaired) electrons. The lowest BCUT2D eigenvalue weighted by atomic mass is 10.2. The topological polar surface area (TPSA) is 20.2 Å². The molecule has 0 aliphatic carbocycles. The van der Waals surface area contributed by atoms with Crippen molar-refractivity contribution in [3.8, 4) is 0 Å². The molecule has 4 heteroatoms. The van der Waals surface area contributed by atoms with Crippen LogP contribution in [-0.2, 0) is 6.42 Å². The molecule has 80 valence electrons. The highest BCUT2D eigenvalue weighted by Gasteiger charge is 2.07. The third-order valence-corrected chi connectivity index (χ3v) is 4.75. The van der Waals surface area contributed by atoms with E-state index in [0.717, 1.165) is 22.4 Å². The summed E-state index contributed by atoms with van der Waals surface area (Å²) in [7, 11) is 0. The molecule has 0 aliphatic heterocycles. The molecule has 1 aromatic heterocycles. The predicted molar refractivity (Wildman–Crippen MR) is 69.3 cm³/mol. The zero-order valence-corrected chi connectivity index (χ0v) is 11.4. The number of thioether (sulfide) groups is 1. The van der Waals surface area contributed by atoms with Crippen LogP contribution in [0.4, 0.5) is 0 Å². The molecular weight excluding hydrogens is 280 g/mol. The van der Waals surface area contributed by atoms with Crippen molar-refractivity contribution in [3.63, 3.8) is 0 Å². The fourth-order valence-electron chi connectivity index (χ4n) is 1.12. The maximum atomic E-state index is 9.71. The summed E-state index contributed by atoms with van der Waals surface area (Å²) in [5.41, 5.74) is 0. The minimum atomic E-state index is -0.197. The van der Waals surface area contributed by atoms with Crippen LogP contribution in [0.5, 0.6) is 0 Å². The maximum Gasteiger partial charge on any atom is 0.0678 e. The number of thiophene rings is 1. The van der Waals surface area contributed by atoms with Crippen LogP contribution in [-0.4, -0.2) is 22.7 Å². The van der Waals surface area contributed by atoms with E-state index in [0.29, 0.717) is 0 Å². The minimum absolute atomic E-state index is 0.197. The molecule has 1 N–H and O–H groups in total. The van der Waals surface area contributed by atoms with Crippen LogP contribution in [0, 0.1) is 0 Å². The summed E-state index contributed by atoms with van der Waals surface area (Å²) in [6, 6.07) is 2.08. The van der Waals surface area contributed by atoms with Gasteiger partial charge in [-0.05, 0) is 34.2 Å². The van der Waals surface area contributed by atoms with Gasteiger partial charge in [-0.2, -0.15) is 11.8 Å². The molecule has 0 spiro atoms. The van der Waals surface area contributed by atoms with E-state index in [2.05, 4.69) is 34.3 Å². The summed E-state index contributed by atoms with van der Waals surface area (Å²) < 4.78 is 1.12. The van der Waals surface area contributed by atoms with E-state index in [9.17, 15) is 5.11 Å². The lowest BCUT2D eigenvalue weighted by Crippen LogP contribution is -2.12. The average Bonchev–Trinajstić information content (AvgIpc) is 2.52. The Labute approximate surface area is 102 Å². The molecule has 0 aliphatic rings. The van der Waals surface area contributed by atoms with Crippen molar-refractivity contribution in [1.82, 2.24) is 0 Å². The second-order valence-electron chi connectivity index (χ2n) is 3.16. The monoisotopic (exact) mass is 294 g/mol. The molecule has 1 atom stereocenters. The van der Waals surface area contributed by atoms with Gasteiger partial charge in [-0.25, -0.2) is 0 Å². The van der Waals surface area contributed by atoms with E-state index in [-0.39, 0.29) is 6.10 Å². The third kappa shape index (κ3) is 4.82. The summed E-state index contributed by atoms with van der Waals surface area (Å²) >= 11 is 6.94. The number of halogens is 1. The van der Waals surface area contributed by atoms with Gasteiger partial charge in [-0.3, -0.25) is 0 Å². The minimum Gasteiger partial charge on any atom is -0.392 e. The van der Waals surface area contributed by atoms with Gasteiger partial charge in [-0.15, -0.1) is 11.3 Å². The molecule has 1 rings (SSSR count). The van der Waals surface area contributed by atoms with E-state index < -0.39 is 0 Å². The highest BCUT2D eigenvalue weighted by atomic mass is 79.9. The molecule has 0 amide bonds. The van der Waals surface area contributed by atoms with Gasteiger partial charge in [0.1, 0.15) is 0 Å². The lowest BCUT2D eigenvalue weighted by Gasteiger charge is -2.07. The van der Waals surface area contributed by atoms with Crippen LogP contribution in [0.2, 0.25) is 0 Å². The molecular formula is C10H15BrOS2. The Balaban J connectivity index is 2.23. The molecule has 1 unspecified atom stereocenters. The van der Waals surface area contributed by atoms with Crippen LogP contribution in [0.25, 0.3) is 0 Å². The highest BCUT2D eigenvalue weighted by molar-refractivity contribution is 9.10. The van der Waals surface area contributed by atoms with Crippen molar-refractivity contribution in [3.05, 3.63) is 20.8 Å². The van der Waals surface area contributed by atoms with Crippen LogP contribution in [0.3, 0.4) is 0 Å². The Bertz CT molecular complexity index is 262. The lowest BCUT2D eigenvalue weighted by molar-refractivity contribution is 0.201. The van der Waals surface area contributed by atoms with Gasteiger partial charge in [0.25, 0.3) is 0 Å². The first-order valence-electron chi connectivity index (χ1n) is 4.71. The smallest absolute Gasteiger partial charge is 0.0678 e. The van der Waals surface area contributed by atoms with Crippen molar-refractivity contribution in [2.24, 2.45) is 0 Å². The van der Waals surface area contributed by atoms with Gasteiger partial charge in [-0.1, -0.05) is 6.92 Å². The van der Waals surface area contributed by atoms with E-state index in [1.807, 2.05) is 11.8 Å². The standard InChI is InChI=1S/C10H15BrOS2/c1-2-3-13-7-9(12)5-10-4-8(11)6-14-10/h4,6,9,12H,2-3,5,7H2,1H3. The SMILES string of the molecule is CCCSCC(O)Cc1cc(Br)cs1. The molecule has 0 saturated heterocycles. The van der Waals surface area contributed by atoms with Crippen molar-refractivity contribution in [1.29, 1.82) is 0 Å². The van der Waals surface area contributed by atoms with Gasteiger partial charge in [0.2, 0.25) is 0 Å². The van der Waals surface area contributed by atoms with Crippen LogP contribution in [0.1, 0.15) is 18.2 Å². The summed E-state index contributed by atoms with van der Waals surface area (Å²) in [5, 5.41) is 11.8. The first-order chi connectivity index (χ1) is 6.72. The fourth-order valence-corrected chi connectivity index (χ4v) is 3.48. The molecule has 0 aromatic carbocycles. The molecule has 0 fully saturated rings. The molecule has 0 saturated carbocycles. The van der Waals surface area contributed by atoms with Gasteiger partial charge < -0.3 is 5.11 Å². The Morgan fingerprint density at radius 2 is 2.43 bits per heavy atom. The van der Waals surface area contributed by atoms with Crippen molar-refractivity contribution < 1.29 is 5.11 Å². The first kappa shape index (κ1) is 12.6. The number of hydrogen-bond donors (Lipinski definition) is 1. The zero-order valence-electron chi connectivity index (χ0n) is 8.20. The zero-order chi connectivity index (χ0) is 10.4. The highest BCUT2D eigenvalue weighted by Crippen LogP contribution is 2.21. The maximum absolute atomic E-state index is 9.71. The van der Waals surface area contributed by atoms with Gasteiger partial charge in [0.05, 0.1) is 6.10 Å². The summed E-state index contributed by atoms with van der Waals surface area (Å²) in [6.07, 6.45) is 1.77. The quantitative estimate of drug-likeness (QED) is 0.810. The Kier molecular flexibility index (Phi) is 6.17. The fraction of sp³-hybridized carbons (Fsp3) is 0.600. The van der Waals surface area contributed by atoms with Crippen LogP contribution >= 0.6 is 39.0 Å². The number of aliphatic hydroxyl groups excluding tert-OH is 1. The summed E-state index contributed by atoms with van der Waals surface area (Å²) in [4.78, 5) is 1.25. The largest absolute Gasteiger partial charge is 0.392 e. The molecule has 1 heterocycles. The molecule has 0 bridgehead atoms.